The molecule has 0 aliphatic rings. The Labute approximate surface area is 728 Å². The Hall–Kier alpha value is -8.81. The summed E-state index contributed by atoms with van der Waals surface area (Å²) in [6, 6.07) is 36.9. The summed E-state index contributed by atoms with van der Waals surface area (Å²) >= 11 is 2.54. The van der Waals surface area contributed by atoms with Crippen molar-refractivity contribution < 1.29 is 0 Å². The predicted octanol–water partition coefficient (Wildman–Crippen LogP) is 31.3. The fourth-order valence-electron chi connectivity index (χ4n) is 15.5. The van der Waals surface area contributed by atoms with Crippen molar-refractivity contribution in [3.05, 3.63) is 273 Å². The van der Waals surface area contributed by atoms with Crippen LogP contribution < -0.4 is 0 Å². The third-order valence-electron chi connectivity index (χ3n) is 22.4. The van der Waals surface area contributed by atoms with E-state index in [1.54, 1.807) is 0 Å². The van der Waals surface area contributed by atoms with Crippen LogP contribution >= 0.6 is 22.6 Å². The van der Waals surface area contributed by atoms with Gasteiger partial charge in [-0.25, -0.2) is 0 Å². The maximum Gasteiger partial charge on any atom is 0.129 e. The maximum absolute atomic E-state index is 3.83. The fraction of sp³-hybridized carbons (Fsp3) is 0.443. The number of hydrogen-bond acceptors (Lipinski definition) is 0. The van der Waals surface area contributed by atoms with Crippen molar-refractivity contribution >= 4 is 30.7 Å². The third kappa shape index (κ3) is 23.6. The highest BCUT2D eigenvalue weighted by atomic mass is 127. The second kappa shape index (κ2) is 40.3. The van der Waals surface area contributed by atoms with Gasteiger partial charge >= 0.3 is 0 Å². The van der Waals surface area contributed by atoms with E-state index in [1.165, 1.54) is 92.6 Å². The molecule has 0 spiro atoms. The Morgan fingerprint density at radius 1 is 0.162 bits per heavy atom. The number of hydrogen-bond donors (Lipinski definition) is 0. The minimum Gasteiger partial charge on any atom is -0.127 e. The molecule has 8 aromatic rings. The van der Waals surface area contributed by atoms with E-state index in [0.29, 0.717) is 23.7 Å². The molecule has 0 bridgehead atoms. The van der Waals surface area contributed by atoms with Crippen LogP contribution in [0.3, 0.4) is 0 Å². The van der Waals surface area contributed by atoms with E-state index in [4.69, 9.17) is 0 Å². The van der Waals surface area contributed by atoms with Crippen LogP contribution in [0.4, 0.5) is 0 Å². The molecule has 0 nitrogen and oxygen atoms in total. The first-order valence-electron chi connectivity index (χ1n) is 44.0. The highest BCUT2D eigenvalue weighted by molar-refractivity contribution is 14.1. The summed E-state index contributed by atoms with van der Waals surface area (Å²) in [7, 11) is -1.55. The van der Waals surface area contributed by atoms with Gasteiger partial charge in [-0.2, -0.15) is 0 Å². The molecule has 0 amide bonds. The summed E-state index contributed by atoms with van der Waals surface area (Å²) in [5.41, 5.74) is 39.7. The van der Waals surface area contributed by atoms with Crippen LogP contribution in [0.15, 0.2) is 97.1 Å². The van der Waals surface area contributed by atoms with E-state index in [9.17, 15) is 0 Å². The lowest BCUT2D eigenvalue weighted by Crippen LogP contribution is -2.16. The summed E-state index contributed by atoms with van der Waals surface area (Å²) in [5, 5.41) is 0. The molecule has 608 valence electrons. The van der Waals surface area contributed by atoms with Gasteiger partial charge in [-0.15, -0.1) is 5.54 Å². The van der Waals surface area contributed by atoms with Crippen LogP contribution in [0.2, 0.25) is 19.6 Å². The zero-order valence-electron chi connectivity index (χ0n) is 78.4. The van der Waals surface area contributed by atoms with Crippen molar-refractivity contribution in [3.8, 4) is 94.4 Å². The molecule has 8 aromatic carbocycles. The Kier molecular flexibility index (Phi) is 32.3. The van der Waals surface area contributed by atoms with Crippen LogP contribution in [0.25, 0.3) is 0 Å². The van der Waals surface area contributed by atoms with Crippen molar-refractivity contribution in [2.45, 2.75) is 336 Å². The molecule has 0 saturated heterocycles. The first kappa shape index (κ1) is 93.7. The lowest BCUT2D eigenvalue weighted by Gasteiger charge is -2.19. The predicted molar refractivity (Wildman–Crippen MR) is 522 cm³/mol. The standard InChI is InChI=1S/C115H137ISi/c1-68(2)99-52-85(37-44-94-103(72(9)10)56-87(57-104(94)73(11)12)39-46-96-107(76(17)18)60-89(61-108(96)77(19)20)41-48-98-111(80(25)26)64-91(50-51-117(33,34)35)65-112(98)81(27)28)53-100(69(3)4)92(99)43-36-84-54-101(70(5)6)93(102(55-84)71(7)8)45-38-86-58-105(74(13)14)95(106(59-86)75(15)16)47-40-88-62-109(78(21)22)97(110(63-88)79(23)24)49-42-90-66-113(82(29)30)115(116)114(67-90)83(31)32/h52-83H,1-35H3. The molecule has 8 rings (SSSR count). The van der Waals surface area contributed by atoms with Crippen molar-refractivity contribution in [1.29, 1.82) is 0 Å². The van der Waals surface area contributed by atoms with Gasteiger partial charge < -0.3 is 0 Å². The Bertz CT molecular complexity index is 5350. The highest BCUT2D eigenvalue weighted by Gasteiger charge is 2.25. The number of benzene rings is 8. The van der Waals surface area contributed by atoms with Gasteiger partial charge in [-0.05, 0) is 303 Å². The summed E-state index contributed by atoms with van der Waals surface area (Å²) in [6.45, 7) is 80.0. The SMILES string of the molecule is CC(C)c1cc(C#Cc2c(C(C)C)cc(C#Cc3c(C(C)C)cc(C#Cc4c(C(C)C)cc(C#Cc5c(C(C)C)cc(C#Cc6c(C(C)C)cc(C#Cc7c(C(C)C)cc(C#Cc8c(C(C)C)cc(C#C[Si](C)(C)C)cc8C(C)C)cc7C(C)C)cc6C(C)C)cc5C(C)C)cc4C(C)C)cc3C(C)C)cc2C(C)C)cc(C(C)C)c1I. The Balaban J connectivity index is 1.15. The van der Waals surface area contributed by atoms with E-state index >= 15 is 0 Å². The molecular formula is C115H137ISi. The summed E-state index contributed by atoms with van der Waals surface area (Å²) in [5.74, 6) is 60.5. The monoisotopic (exact) mass is 1670 g/mol. The molecule has 0 aromatic heterocycles. The van der Waals surface area contributed by atoms with Gasteiger partial charge in [0.25, 0.3) is 0 Å². The first-order valence-corrected chi connectivity index (χ1v) is 48.6. The van der Waals surface area contributed by atoms with Gasteiger partial charge in [0.2, 0.25) is 0 Å². The van der Waals surface area contributed by atoms with E-state index < -0.39 is 8.07 Å². The number of halogens is 1. The second-order valence-electron chi connectivity index (χ2n) is 38.9. The van der Waals surface area contributed by atoms with Crippen LogP contribution in [0.5, 0.6) is 0 Å². The molecule has 0 fully saturated rings. The van der Waals surface area contributed by atoms with E-state index in [0.717, 1.165) is 83.5 Å². The zero-order chi connectivity index (χ0) is 86.8. The van der Waals surface area contributed by atoms with Crippen LogP contribution in [-0.2, 0) is 0 Å². The van der Waals surface area contributed by atoms with Crippen molar-refractivity contribution in [2.75, 3.05) is 0 Å². The van der Waals surface area contributed by atoms with Gasteiger partial charge in [-0.3, -0.25) is 0 Å². The fourth-order valence-corrected chi connectivity index (χ4v) is 17.6. The van der Waals surface area contributed by atoms with Crippen LogP contribution in [0, 0.1) is 97.9 Å². The smallest absolute Gasteiger partial charge is 0.127 e. The summed E-state index contributed by atoms with van der Waals surface area (Å²) in [6.07, 6.45) is 0. The largest absolute Gasteiger partial charge is 0.129 e. The zero-order valence-corrected chi connectivity index (χ0v) is 81.5. The molecule has 0 heterocycles. The van der Waals surface area contributed by atoms with Crippen molar-refractivity contribution in [2.24, 2.45) is 0 Å². The molecule has 0 radical (unpaired) electrons. The normalized spacial score (nSPS) is 11.6. The average molecular weight is 1670 g/mol. The van der Waals surface area contributed by atoms with Gasteiger partial charge in [0.05, 0.1) is 0 Å². The molecule has 2 heteroatoms. The molecule has 0 aliphatic carbocycles. The minimum absolute atomic E-state index is 0.213. The lowest BCUT2D eigenvalue weighted by atomic mass is 9.84. The topological polar surface area (TPSA) is 0 Å². The molecule has 0 aliphatic heterocycles. The van der Waals surface area contributed by atoms with E-state index in [1.807, 2.05) is 0 Å². The first-order chi connectivity index (χ1) is 54.8. The number of rotatable bonds is 16. The molecule has 0 atom stereocenters. The van der Waals surface area contributed by atoms with Gasteiger partial charge in [0.1, 0.15) is 8.07 Å². The molecule has 117 heavy (non-hydrogen) atoms. The maximum atomic E-state index is 3.83. The highest BCUT2D eigenvalue weighted by Crippen LogP contribution is 2.39. The molecule has 0 saturated carbocycles. The quantitative estimate of drug-likeness (QED) is 0.0514. The molecule has 0 unspecified atom stereocenters. The van der Waals surface area contributed by atoms with Crippen LogP contribution in [-0.4, -0.2) is 8.07 Å². The third-order valence-corrected chi connectivity index (χ3v) is 24.5. The minimum atomic E-state index is -1.55. The van der Waals surface area contributed by atoms with Gasteiger partial charge in [0.15, 0.2) is 0 Å². The molecular weight excluding hydrogens is 1540 g/mol. The van der Waals surface area contributed by atoms with Crippen molar-refractivity contribution in [1.82, 2.24) is 0 Å². The van der Waals surface area contributed by atoms with E-state index in [-0.39, 0.29) is 71.0 Å². The lowest BCUT2D eigenvalue weighted by molar-refractivity contribution is 0.821. The molecule has 0 N–H and O–H groups in total. The van der Waals surface area contributed by atoms with Crippen LogP contribution in [0.1, 0.15) is 489 Å². The van der Waals surface area contributed by atoms with E-state index in [2.05, 4.69) is 455 Å². The van der Waals surface area contributed by atoms with Gasteiger partial charge in [0, 0.05) is 87.0 Å². The van der Waals surface area contributed by atoms with Crippen molar-refractivity contribution in [3.63, 3.8) is 0 Å². The Morgan fingerprint density at radius 2 is 0.265 bits per heavy atom. The summed E-state index contributed by atoms with van der Waals surface area (Å²) in [4.78, 5) is 0. The average Bonchev–Trinajstić information content (AvgIpc) is 0.764. The Morgan fingerprint density at radius 3 is 0.368 bits per heavy atom. The van der Waals surface area contributed by atoms with Gasteiger partial charge in [-0.1, -0.05) is 330 Å². The second-order valence-corrected chi connectivity index (χ2v) is 44.7. The summed E-state index contributed by atoms with van der Waals surface area (Å²) < 4.78 is 1.36.